The Morgan fingerprint density at radius 2 is 2.43 bits per heavy atom. The standard InChI is InChI=1S/C11H14N2O/c1-3-4-12-8-11(14)10-5-9(2)6-13-7-10/h3,5-7,12H,1,4,8H2,2H3. The van der Waals surface area contributed by atoms with Gasteiger partial charge in [-0.05, 0) is 18.6 Å². The number of nitrogens with zero attached hydrogens (tertiary/aromatic N) is 1. The van der Waals surface area contributed by atoms with E-state index in [1.54, 1.807) is 18.5 Å². The van der Waals surface area contributed by atoms with Crippen molar-refractivity contribution in [1.29, 1.82) is 0 Å². The first-order chi connectivity index (χ1) is 6.74. The van der Waals surface area contributed by atoms with Gasteiger partial charge < -0.3 is 5.32 Å². The smallest absolute Gasteiger partial charge is 0.178 e. The van der Waals surface area contributed by atoms with E-state index in [0.29, 0.717) is 18.7 Å². The summed E-state index contributed by atoms with van der Waals surface area (Å²) in [6.45, 7) is 6.45. The monoisotopic (exact) mass is 190 g/mol. The Morgan fingerprint density at radius 1 is 1.64 bits per heavy atom. The fraction of sp³-hybridized carbons (Fsp3) is 0.273. The average Bonchev–Trinajstić information content (AvgIpc) is 2.18. The number of aryl methyl sites for hydroxylation is 1. The average molecular weight is 190 g/mol. The Balaban J connectivity index is 2.56. The number of pyridine rings is 1. The maximum atomic E-state index is 11.5. The van der Waals surface area contributed by atoms with Crippen LogP contribution in [-0.2, 0) is 0 Å². The fourth-order valence-electron chi connectivity index (χ4n) is 1.10. The summed E-state index contributed by atoms with van der Waals surface area (Å²) in [6.07, 6.45) is 5.04. The highest BCUT2D eigenvalue weighted by Crippen LogP contribution is 2.01. The van der Waals surface area contributed by atoms with E-state index in [0.717, 1.165) is 5.56 Å². The van der Waals surface area contributed by atoms with Gasteiger partial charge in [0.15, 0.2) is 5.78 Å². The third-order valence-corrected chi connectivity index (χ3v) is 1.77. The lowest BCUT2D eigenvalue weighted by Gasteiger charge is -2.01. The van der Waals surface area contributed by atoms with Crippen molar-refractivity contribution >= 4 is 5.78 Å². The van der Waals surface area contributed by atoms with Crippen LogP contribution in [0.2, 0.25) is 0 Å². The van der Waals surface area contributed by atoms with Crippen molar-refractivity contribution in [1.82, 2.24) is 10.3 Å². The molecule has 0 aliphatic carbocycles. The molecule has 1 rings (SSSR count). The lowest BCUT2D eigenvalue weighted by molar-refractivity contribution is 0.0992. The molecule has 0 bridgehead atoms. The number of aromatic nitrogens is 1. The second kappa shape index (κ2) is 5.29. The molecule has 1 N–H and O–H groups in total. The molecule has 0 aromatic carbocycles. The maximum absolute atomic E-state index is 11.5. The van der Waals surface area contributed by atoms with Gasteiger partial charge in [0.05, 0.1) is 6.54 Å². The molecule has 0 spiro atoms. The third-order valence-electron chi connectivity index (χ3n) is 1.77. The summed E-state index contributed by atoms with van der Waals surface area (Å²) in [5, 5.41) is 2.96. The second-order valence-electron chi connectivity index (χ2n) is 3.09. The van der Waals surface area contributed by atoms with Crippen molar-refractivity contribution < 1.29 is 4.79 Å². The molecule has 14 heavy (non-hydrogen) atoms. The topological polar surface area (TPSA) is 42.0 Å². The molecule has 1 aromatic rings. The van der Waals surface area contributed by atoms with Gasteiger partial charge in [-0.25, -0.2) is 0 Å². The number of nitrogens with one attached hydrogen (secondary N) is 1. The minimum absolute atomic E-state index is 0.0584. The van der Waals surface area contributed by atoms with Crippen LogP contribution in [-0.4, -0.2) is 23.9 Å². The van der Waals surface area contributed by atoms with Crippen LogP contribution >= 0.6 is 0 Å². The van der Waals surface area contributed by atoms with Crippen LogP contribution in [0.1, 0.15) is 15.9 Å². The normalized spacial score (nSPS) is 9.79. The van der Waals surface area contributed by atoms with Crippen molar-refractivity contribution in [3.63, 3.8) is 0 Å². The van der Waals surface area contributed by atoms with Gasteiger partial charge in [-0.1, -0.05) is 6.08 Å². The van der Waals surface area contributed by atoms with Crippen LogP contribution in [0, 0.1) is 6.92 Å². The number of hydrogen-bond acceptors (Lipinski definition) is 3. The van der Waals surface area contributed by atoms with Crippen molar-refractivity contribution in [3.8, 4) is 0 Å². The second-order valence-corrected chi connectivity index (χ2v) is 3.09. The SMILES string of the molecule is C=CCNCC(=O)c1cncc(C)c1. The third kappa shape index (κ3) is 3.11. The molecule has 0 unspecified atom stereocenters. The first kappa shape index (κ1) is 10.6. The molecular formula is C11H14N2O. The molecule has 0 saturated carbocycles. The number of carbonyl (C=O) groups is 1. The van der Waals surface area contributed by atoms with E-state index in [1.807, 2.05) is 13.0 Å². The Labute approximate surface area is 83.9 Å². The summed E-state index contributed by atoms with van der Waals surface area (Å²) in [5.41, 5.74) is 1.65. The van der Waals surface area contributed by atoms with E-state index >= 15 is 0 Å². The van der Waals surface area contributed by atoms with Crippen LogP contribution in [0.3, 0.4) is 0 Å². The summed E-state index contributed by atoms with van der Waals surface area (Å²) in [6, 6.07) is 1.84. The maximum Gasteiger partial charge on any atom is 0.178 e. The summed E-state index contributed by atoms with van der Waals surface area (Å²) in [4.78, 5) is 15.5. The molecule has 74 valence electrons. The number of Topliss-reactive ketones (excluding diaryl/α,β-unsaturated/α-hetero) is 1. The highest BCUT2D eigenvalue weighted by Gasteiger charge is 2.04. The summed E-state index contributed by atoms with van der Waals surface area (Å²) in [7, 11) is 0. The number of hydrogen-bond donors (Lipinski definition) is 1. The van der Waals surface area contributed by atoms with E-state index in [1.165, 1.54) is 0 Å². The molecule has 1 heterocycles. The molecule has 0 aliphatic heterocycles. The zero-order valence-corrected chi connectivity index (χ0v) is 8.29. The first-order valence-corrected chi connectivity index (χ1v) is 4.50. The largest absolute Gasteiger partial charge is 0.306 e. The highest BCUT2D eigenvalue weighted by atomic mass is 16.1. The molecule has 0 fully saturated rings. The van der Waals surface area contributed by atoms with E-state index in [9.17, 15) is 4.79 Å². The fourth-order valence-corrected chi connectivity index (χ4v) is 1.10. The predicted octanol–water partition coefficient (Wildman–Crippen LogP) is 1.35. The molecule has 0 aliphatic rings. The lowest BCUT2D eigenvalue weighted by Crippen LogP contribution is -2.23. The predicted molar refractivity (Wildman–Crippen MR) is 56.4 cm³/mol. The van der Waals surface area contributed by atoms with Gasteiger partial charge >= 0.3 is 0 Å². The van der Waals surface area contributed by atoms with Gasteiger partial charge in [0.25, 0.3) is 0 Å². The van der Waals surface area contributed by atoms with Gasteiger partial charge in [-0.15, -0.1) is 6.58 Å². The Morgan fingerprint density at radius 3 is 3.07 bits per heavy atom. The van der Waals surface area contributed by atoms with Crippen LogP contribution in [0.25, 0.3) is 0 Å². The van der Waals surface area contributed by atoms with Gasteiger partial charge in [0, 0.05) is 24.5 Å². The minimum atomic E-state index is 0.0584. The first-order valence-electron chi connectivity index (χ1n) is 4.50. The zero-order valence-electron chi connectivity index (χ0n) is 8.29. The van der Waals surface area contributed by atoms with Crippen LogP contribution in [0.4, 0.5) is 0 Å². The molecule has 0 radical (unpaired) electrons. The Kier molecular flexibility index (Phi) is 4.01. The molecule has 0 saturated heterocycles. The van der Waals surface area contributed by atoms with E-state index < -0.39 is 0 Å². The van der Waals surface area contributed by atoms with Crippen molar-refractivity contribution in [3.05, 3.63) is 42.2 Å². The van der Waals surface area contributed by atoms with Crippen LogP contribution in [0.5, 0.6) is 0 Å². The highest BCUT2D eigenvalue weighted by molar-refractivity contribution is 5.97. The summed E-state index contributed by atoms with van der Waals surface area (Å²) >= 11 is 0. The lowest BCUT2D eigenvalue weighted by atomic mass is 10.1. The van der Waals surface area contributed by atoms with Crippen molar-refractivity contribution in [2.24, 2.45) is 0 Å². The Hall–Kier alpha value is -1.48. The van der Waals surface area contributed by atoms with Crippen LogP contribution < -0.4 is 5.32 Å². The molecule has 3 heteroatoms. The van der Waals surface area contributed by atoms with Gasteiger partial charge in [0.1, 0.15) is 0 Å². The summed E-state index contributed by atoms with van der Waals surface area (Å²) in [5.74, 6) is 0.0584. The number of rotatable bonds is 5. The van der Waals surface area contributed by atoms with Crippen molar-refractivity contribution in [2.45, 2.75) is 6.92 Å². The van der Waals surface area contributed by atoms with E-state index in [-0.39, 0.29) is 5.78 Å². The molecule has 1 aromatic heterocycles. The molecule has 0 atom stereocenters. The Bertz CT molecular complexity index is 334. The minimum Gasteiger partial charge on any atom is -0.306 e. The van der Waals surface area contributed by atoms with Gasteiger partial charge in [-0.2, -0.15) is 0 Å². The van der Waals surface area contributed by atoms with Gasteiger partial charge in [-0.3, -0.25) is 9.78 Å². The quantitative estimate of drug-likeness (QED) is 0.433. The molecule has 0 amide bonds. The van der Waals surface area contributed by atoms with Gasteiger partial charge in [0.2, 0.25) is 0 Å². The number of ketones is 1. The molecular weight excluding hydrogens is 176 g/mol. The zero-order chi connectivity index (χ0) is 10.4. The van der Waals surface area contributed by atoms with Crippen LogP contribution in [0.15, 0.2) is 31.1 Å². The van der Waals surface area contributed by atoms with Crippen molar-refractivity contribution in [2.75, 3.05) is 13.1 Å². The number of carbonyl (C=O) groups excluding carboxylic acids is 1. The summed E-state index contributed by atoms with van der Waals surface area (Å²) < 4.78 is 0. The van der Waals surface area contributed by atoms with E-state index in [4.69, 9.17) is 0 Å². The van der Waals surface area contributed by atoms with E-state index in [2.05, 4.69) is 16.9 Å². The molecule has 3 nitrogen and oxygen atoms in total.